The lowest BCUT2D eigenvalue weighted by Gasteiger charge is -2.07. The van der Waals surface area contributed by atoms with Crippen LogP contribution in [0.3, 0.4) is 0 Å². The maximum absolute atomic E-state index is 12.4. The molecule has 0 aliphatic heterocycles. The van der Waals surface area contributed by atoms with Crippen molar-refractivity contribution in [1.82, 2.24) is 20.5 Å². The van der Waals surface area contributed by atoms with E-state index in [1.54, 1.807) is 48.8 Å². The summed E-state index contributed by atoms with van der Waals surface area (Å²) in [4.78, 5) is 39.7. The molecule has 0 unspecified atom stereocenters. The Kier molecular flexibility index (Phi) is 5.36. The van der Waals surface area contributed by atoms with E-state index >= 15 is 0 Å². The molecule has 136 valence electrons. The van der Waals surface area contributed by atoms with Crippen molar-refractivity contribution in [2.24, 2.45) is 0 Å². The second kappa shape index (κ2) is 8.05. The summed E-state index contributed by atoms with van der Waals surface area (Å²) in [5.74, 6) is -0.955. The van der Waals surface area contributed by atoms with Crippen LogP contribution < -0.4 is 10.9 Å². The lowest BCUT2D eigenvalue weighted by Crippen LogP contribution is -2.29. The van der Waals surface area contributed by atoms with Gasteiger partial charge in [0.15, 0.2) is 0 Å². The number of hydrogen-bond donors (Lipinski definition) is 2. The zero-order valence-corrected chi connectivity index (χ0v) is 14.4. The number of esters is 1. The second-order valence-electron chi connectivity index (χ2n) is 5.60. The van der Waals surface area contributed by atoms with Gasteiger partial charge in [-0.25, -0.2) is 9.89 Å². The molecule has 0 saturated carbocycles. The molecule has 2 aromatic heterocycles. The average molecular weight is 364 g/mol. The summed E-state index contributed by atoms with van der Waals surface area (Å²) in [6, 6.07) is 11.5. The number of nitrogens with one attached hydrogen (secondary N) is 2. The van der Waals surface area contributed by atoms with Gasteiger partial charge in [0.2, 0.25) is 0 Å². The quantitative estimate of drug-likeness (QED) is 0.664. The molecule has 0 saturated heterocycles. The Balaban J connectivity index is 1.73. The summed E-state index contributed by atoms with van der Waals surface area (Å²) in [6.45, 7) is 0.201. The van der Waals surface area contributed by atoms with Crippen LogP contribution in [0.5, 0.6) is 0 Å². The van der Waals surface area contributed by atoms with Gasteiger partial charge in [0, 0.05) is 24.5 Å². The van der Waals surface area contributed by atoms with Crippen molar-refractivity contribution in [1.29, 1.82) is 0 Å². The van der Waals surface area contributed by atoms with E-state index in [1.807, 2.05) is 0 Å². The first-order valence-electron chi connectivity index (χ1n) is 8.04. The third kappa shape index (κ3) is 4.24. The van der Waals surface area contributed by atoms with Gasteiger partial charge < -0.3 is 10.1 Å². The summed E-state index contributed by atoms with van der Waals surface area (Å²) in [5, 5.41) is 8.97. The number of benzene rings is 1. The topological polar surface area (TPSA) is 114 Å². The molecule has 1 amide bonds. The smallest absolute Gasteiger partial charge is 0.337 e. The Hall–Kier alpha value is -3.81. The summed E-state index contributed by atoms with van der Waals surface area (Å²) in [7, 11) is 1.31. The summed E-state index contributed by atoms with van der Waals surface area (Å²) >= 11 is 0. The molecule has 0 radical (unpaired) electrons. The normalized spacial score (nSPS) is 10.3. The molecule has 27 heavy (non-hydrogen) atoms. The van der Waals surface area contributed by atoms with Gasteiger partial charge >= 0.3 is 5.97 Å². The number of amides is 1. The molecule has 0 bridgehead atoms. The molecule has 2 N–H and O–H groups in total. The van der Waals surface area contributed by atoms with Crippen LogP contribution >= 0.6 is 0 Å². The van der Waals surface area contributed by atoms with Gasteiger partial charge in [-0.1, -0.05) is 12.1 Å². The van der Waals surface area contributed by atoms with Crippen molar-refractivity contribution in [2.75, 3.05) is 7.11 Å². The lowest BCUT2D eigenvalue weighted by atomic mass is 10.1. The number of rotatable bonds is 5. The summed E-state index contributed by atoms with van der Waals surface area (Å²) < 4.78 is 4.64. The van der Waals surface area contributed by atoms with Gasteiger partial charge in [-0.05, 0) is 35.9 Å². The van der Waals surface area contributed by atoms with E-state index in [0.29, 0.717) is 11.3 Å². The lowest BCUT2D eigenvalue weighted by molar-refractivity contribution is 0.0600. The number of methoxy groups -OCH3 is 1. The molecule has 8 nitrogen and oxygen atoms in total. The molecular formula is C19H16N4O4. The Labute approximate surface area is 154 Å². The zero-order chi connectivity index (χ0) is 19.2. The second-order valence-corrected chi connectivity index (χ2v) is 5.60. The first-order valence-corrected chi connectivity index (χ1v) is 8.04. The fraction of sp³-hybridized carbons (Fsp3) is 0.105. The third-order valence-corrected chi connectivity index (χ3v) is 3.85. The van der Waals surface area contributed by atoms with Gasteiger partial charge in [0.25, 0.3) is 11.5 Å². The fourth-order valence-electron chi connectivity index (χ4n) is 2.40. The van der Waals surface area contributed by atoms with Crippen LogP contribution in [0, 0.1) is 0 Å². The molecule has 3 aromatic rings. The van der Waals surface area contributed by atoms with Gasteiger partial charge in [0.1, 0.15) is 5.56 Å². The Morgan fingerprint density at radius 3 is 2.48 bits per heavy atom. The largest absolute Gasteiger partial charge is 0.465 e. The van der Waals surface area contributed by atoms with Gasteiger partial charge in [-0.2, -0.15) is 5.10 Å². The standard InChI is InChI=1S/C19H16N4O4/c1-27-19(26)14-4-2-12(3-5-14)11-21-17(24)15-10-16(22-23-18(15)25)13-6-8-20-9-7-13/h2-10H,11H2,1H3,(H,21,24)(H,23,25). The maximum atomic E-state index is 12.4. The highest BCUT2D eigenvalue weighted by Crippen LogP contribution is 2.14. The van der Waals surface area contributed by atoms with Crippen LogP contribution in [0.4, 0.5) is 0 Å². The fourth-order valence-corrected chi connectivity index (χ4v) is 2.40. The first kappa shape index (κ1) is 18.0. The molecule has 1 aromatic carbocycles. The minimum atomic E-state index is -0.577. The van der Waals surface area contributed by atoms with Crippen LogP contribution in [0.2, 0.25) is 0 Å². The molecule has 0 aliphatic rings. The van der Waals surface area contributed by atoms with E-state index < -0.39 is 17.4 Å². The third-order valence-electron chi connectivity index (χ3n) is 3.85. The minimum Gasteiger partial charge on any atom is -0.465 e. The van der Waals surface area contributed by atoms with E-state index in [4.69, 9.17) is 0 Å². The highest BCUT2D eigenvalue weighted by molar-refractivity contribution is 5.94. The van der Waals surface area contributed by atoms with Gasteiger partial charge in [-0.15, -0.1) is 0 Å². The van der Waals surface area contributed by atoms with Crippen LogP contribution in [-0.2, 0) is 11.3 Å². The number of ether oxygens (including phenoxy) is 1. The molecule has 0 atom stereocenters. The summed E-state index contributed by atoms with van der Waals surface area (Å²) in [6.07, 6.45) is 3.19. The Morgan fingerprint density at radius 1 is 1.11 bits per heavy atom. The van der Waals surface area contributed by atoms with Crippen LogP contribution in [0.1, 0.15) is 26.3 Å². The van der Waals surface area contributed by atoms with Crippen molar-refractivity contribution >= 4 is 11.9 Å². The van der Waals surface area contributed by atoms with Crippen LogP contribution in [0.15, 0.2) is 59.7 Å². The summed E-state index contributed by atoms with van der Waals surface area (Å²) in [5.41, 5.74) is 1.77. The van der Waals surface area contributed by atoms with E-state index in [9.17, 15) is 14.4 Å². The van der Waals surface area contributed by atoms with Crippen molar-refractivity contribution in [3.05, 3.63) is 81.9 Å². The van der Waals surface area contributed by atoms with Crippen molar-refractivity contribution < 1.29 is 14.3 Å². The first-order chi connectivity index (χ1) is 13.1. The molecule has 0 aliphatic carbocycles. The van der Waals surface area contributed by atoms with Gasteiger partial charge in [0.05, 0.1) is 18.4 Å². The Morgan fingerprint density at radius 2 is 1.81 bits per heavy atom. The predicted molar refractivity (Wildman–Crippen MR) is 97.0 cm³/mol. The van der Waals surface area contributed by atoms with Crippen LogP contribution in [-0.4, -0.2) is 34.2 Å². The van der Waals surface area contributed by atoms with Crippen LogP contribution in [0.25, 0.3) is 11.3 Å². The van der Waals surface area contributed by atoms with Crippen molar-refractivity contribution in [3.63, 3.8) is 0 Å². The van der Waals surface area contributed by atoms with Crippen molar-refractivity contribution in [3.8, 4) is 11.3 Å². The number of hydrogen-bond acceptors (Lipinski definition) is 6. The van der Waals surface area contributed by atoms with E-state index in [1.165, 1.54) is 13.2 Å². The van der Waals surface area contributed by atoms with E-state index in [-0.39, 0.29) is 12.1 Å². The van der Waals surface area contributed by atoms with Gasteiger partial charge in [-0.3, -0.25) is 14.6 Å². The SMILES string of the molecule is COC(=O)c1ccc(CNC(=O)c2cc(-c3ccncc3)n[nH]c2=O)cc1. The number of carbonyl (C=O) groups is 2. The molecular weight excluding hydrogens is 348 g/mol. The monoisotopic (exact) mass is 364 g/mol. The molecule has 8 heteroatoms. The highest BCUT2D eigenvalue weighted by Gasteiger charge is 2.13. The number of H-pyrrole nitrogens is 1. The molecule has 2 heterocycles. The molecule has 3 rings (SSSR count). The van der Waals surface area contributed by atoms with E-state index in [0.717, 1.165) is 11.1 Å². The number of carbonyl (C=O) groups excluding carboxylic acids is 2. The number of nitrogens with zero attached hydrogens (tertiary/aromatic N) is 2. The maximum Gasteiger partial charge on any atom is 0.337 e. The predicted octanol–water partition coefficient (Wildman–Crippen LogP) is 1.55. The molecule has 0 fully saturated rings. The number of aromatic nitrogens is 3. The van der Waals surface area contributed by atoms with E-state index in [2.05, 4.69) is 25.2 Å². The Bertz CT molecular complexity index is 1010. The number of aromatic amines is 1. The molecule has 0 spiro atoms. The highest BCUT2D eigenvalue weighted by atomic mass is 16.5. The zero-order valence-electron chi connectivity index (χ0n) is 14.4. The number of pyridine rings is 1. The van der Waals surface area contributed by atoms with Crippen molar-refractivity contribution in [2.45, 2.75) is 6.54 Å². The average Bonchev–Trinajstić information content (AvgIpc) is 2.72. The minimum absolute atomic E-state index is 0.0389.